The van der Waals surface area contributed by atoms with Gasteiger partial charge in [0.15, 0.2) is 0 Å². The molecule has 0 amide bonds. The van der Waals surface area contributed by atoms with Gasteiger partial charge in [-0.15, -0.1) is 0 Å². The maximum atomic E-state index is 10.8. The Labute approximate surface area is 275 Å². The average molecular weight is 621 g/mol. The first-order valence-corrected chi connectivity index (χ1v) is 19.2. The molecule has 0 unspecified atom stereocenters. The third kappa shape index (κ3) is 40.4. The van der Waals surface area contributed by atoms with E-state index < -0.39 is 5.97 Å². The summed E-state index contributed by atoms with van der Waals surface area (Å²) < 4.78 is 4.94. The normalized spacial score (nSPS) is 10.7. The lowest BCUT2D eigenvalue weighted by molar-refractivity contribution is -0.138. The number of aliphatic carboxylic acids is 1. The summed E-state index contributed by atoms with van der Waals surface area (Å²) in [5.74, 6) is -1.14. The van der Waals surface area contributed by atoms with E-state index in [9.17, 15) is 9.59 Å². The van der Waals surface area contributed by atoms with Crippen LogP contribution in [-0.4, -0.2) is 23.7 Å². The zero-order chi connectivity index (χ0) is 32.8. The fourth-order valence-electron chi connectivity index (χ4n) is 5.52. The molecule has 0 rings (SSSR count). The Kier molecular flexibility index (Phi) is 39.9. The molecule has 0 bridgehead atoms. The highest BCUT2D eigenvalue weighted by atomic mass is 16.5. The third-order valence-corrected chi connectivity index (χ3v) is 8.54. The number of carbonyl (C=O) groups is 2. The van der Waals surface area contributed by atoms with Gasteiger partial charge < -0.3 is 9.84 Å². The first-order valence-electron chi connectivity index (χ1n) is 19.2. The molecule has 0 aromatic carbocycles. The molecule has 0 heterocycles. The predicted molar refractivity (Wildman–Crippen MR) is 192 cm³/mol. The monoisotopic (exact) mass is 621 g/mol. The molecule has 0 saturated heterocycles. The lowest BCUT2D eigenvalue weighted by Gasteiger charge is -2.04. The van der Waals surface area contributed by atoms with Crippen molar-refractivity contribution >= 4 is 11.9 Å². The minimum Gasteiger partial charge on any atom is -0.478 e. The van der Waals surface area contributed by atoms with E-state index in [1.54, 1.807) is 0 Å². The lowest BCUT2D eigenvalue weighted by Crippen LogP contribution is -2.01. The zero-order valence-corrected chi connectivity index (χ0v) is 29.8. The van der Waals surface area contributed by atoms with E-state index in [4.69, 9.17) is 9.84 Å². The van der Waals surface area contributed by atoms with Gasteiger partial charge in [0.2, 0.25) is 0 Å². The van der Waals surface area contributed by atoms with E-state index in [1.165, 1.54) is 179 Å². The third-order valence-electron chi connectivity index (χ3n) is 8.54. The van der Waals surface area contributed by atoms with Gasteiger partial charge in [-0.2, -0.15) is 0 Å². The predicted octanol–water partition coefficient (Wildman–Crippen LogP) is 13.5. The summed E-state index contributed by atoms with van der Waals surface area (Å²) in [6, 6.07) is 0. The van der Waals surface area contributed by atoms with Crippen LogP contribution in [-0.2, 0) is 14.3 Å². The van der Waals surface area contributed by atoms with Gasteiger partial charge >= 0.3 is 11.9 Å². The summed E-state index contributed by atoms with van der Waals surface area (Å²) in [5.41, 5.74) is 0.357. The second kappa shape index (κ2) is 39.4. The summed E-state index contributed by atoms with van der Waals surface area (Å²) >= 11 is 0. The van der Waals surface area contributed by atoms with E-state index in [2.05, 4.69) is 27.0 Å². The van der Waals surface area contributed by atoms with Crippen molar-refractivity contribution in [2.45, 2.75) is 213 Å². The molecule has 0 aliphatic rings. The molecule has 0 saturated carbocycles. The fourth-order valence-corrected chi connectivity index (χ4v) is 5.52. The second-order valence-electron chi connectivity index (χ2n) is 12.9. The van der Waals surface area contributed by atoms with Gasteiger partial charge in [0.1, 0.15) is 0 Å². The number of carboxylic acid groups (broad SMARTS) is 1. The van der Waals surface area contributed by atoms with Crippen LogP contribution in [0.15, 0.2) is 24.8 Å². The van der Waals surface area contributed by atoms with Crippen molar-refractivity contribution < 1.29 is 19.4 Å². The first-order chi connectivity index (χ1) is 21.5. The van der Waals surface area contributed by atoms with Crippen LogP contribution in [0, 0.1) is 0 Å². The molecule has 4 heteroatoms. The number of carboxylic acids is 1. The number of rotatable bonds is 34. The average Bonchev–Trinajstić information content (AvgIpc) is 3.02. The summed E-state index contributed by atoms with van der Waals surface area (Å²) in [6.07, 6.45) is 42.2. The molecule has 0 aromatic heterocycles. The smallest absolute Gasteiger partial charge is 0.330 e. The number of esters is 1. The Balaban J connectivity index is 0. The highest BCUT2D eigenvalue weighted by molar-refractivity contribution is 5.85. The molecule has 0 spiro atoms. The van der Waals surface area contributed by atoms with Crippen molar-refractivity contribution in [3.05, 3.63) is 24.8 Å². The Morgan fingerprint density at radius 2 is 0.773 bits per heavy atom. The maximum absolute atomic E-state index is 10.8. The van der Waals surface area contributed by atoms with E-state index in [1.807, 2.05) is 0 Å². The van der Waals surface area contributed by atoms with Crippen LogP contribution in [0.25, 0.3) is 0 Å². The van der Waals surface area contributed by atoms with Crippen LogP contribution in [0.3, 0.4) is 0 Å². The number of hydrogen-bond acceptors (Lipinski definition) is 3. The highest BCUT2D eigenvalue weighted by Gasteiger charge is 2.02. The van der Waals surface area contributed by atoms with Crippen LogP contribution in [0.5, 0.6) is 0 Å². The van der Waals surface area contributed by atoms with Crippen LogP contribution < -0.4 is 0 Å². The maximum Gasteiger partial charge on any atom is 0.330 e. The fraction of sp³-hybridized carbons (Fsp3) is 0.850. The molecule has 44 heavy (non-hydrogen) atoms. The van der Waals surface area contributed by atoms with Crippen molar-refractivity contribution in [3.8, 4) is 0 Å². The molecule has 0 aromatic rings. The Hall–Kier alpha value is -1.58. The van der Waals surface area contributed by atoms with Crippen molar-refractivity contribution in [2.75, 3.05) is 6.61 Å². The molecular formula is C40H76O4. The minimum atomic E-state index is -0.842. The molecule has 1 N–H and O–H groups in total. The van der Waals surface area contributed by atoms with E-state index >= 15 is 0 Å². The minimum absolute atomic E-state index is 0.301. The first kappa shape index (κ1) is 44.5. The Morgan fingerprint density at radius 1 is 0.500 bits per heavy atom. The van der Waals surface area contributed by atoms with Gasteiger partial charge in [0.25, 0.3) is 0 Å². The Bertz CT molecular complexity index is 627. The van der Waals surface area contributed by atoms with Gasteiger partial charge in [0.05, 0.1) is 6.61 Å². The van der Waals surface area contributed by atoms with Crippen molar-refractivity contribution in [1.29, 1.82) is 0 Å². The van der Waals surface area contributed by atoms with Crippen LogP contribution in [0.2, 0.25) is 0 Å². The van der Waals surface area contributed by atoms with E-state index in [0.29, 0.717) is 18.6 Å². The summed E-state index contributed by atoms with van der Waals surface area (Å²) in [7, 11) is 0. The van der Waals surface area contributed by atoms with E-state index in [0.717, 1.165) is 19.3 Å². The molecule has 0 atom stereocenters. The van der Waals surface area contributed by atoms with Gasteiger partial charge in [-0.25, -0.2) is 9.59 Å². The van der Waals surface area contributed by atoms with Crippen LogP contribution in [0.4, 0.5) is 0 Å². The molecule has 260 valence electrons. The zero-order valence-electron chi connectivity index (χ0n) is 29.8. The molecule has 0 aliphatic heterocycles. The van der Waals surface area contributed by atoms with Gasteiger partial charge in [-0.1, -0.05) is 207 Å². The molecule has 0 fully saturated rings. The summed E-state index contributed by atoms with van der Waals surface area (Å²) in [5, 5.41) is 8.71. The van der Waals surface area contributed by atoms with Crippen molar-refractivity contribution in [1.82, 2.24) is 0 Å². The largest absolute Gasteiger partial charge is 0.478 e. The number of hydrogen-bond donors (Lipinski definition) is 1. The second-order valence-corrected chi connectivity index (χ2v) is 12.9. The van der Waals surface area contributed by atoms with Crippen molar-refractivity contribution in [3.63, 3.8) is 0 Å². The molecular weight excluding hydrogens is 544 g/mol. The van der Waals surface area contributed by atoms with E-state index in [-0.39, 0.29) is 5.97 Å². The van der Waals surface area contributed by atoms with Gasteiger partial charge in [0, 0.05) is 11.6 Å². The highest BCUT2D eigenvalue weighted by Crippen LogP contribution is 2.15. The summed E-state index contributed by atoms with van der Waals surface area (Å²) in [4.78, 5) is 21.4. The molecule has 0 aliphatic carbocycles. The molecule has 0 radical (unpaired) electrons. The number of carbonyl (C=O) groups excluding carboxylic acids is 1. The quantitative estimate of drug-likeness (QED) is 0.0441. The van der Waals surface area contributed by atoms with Gasteiger partial charge in [-0.3, -0.25) is 0 Å². The van der Waals surface area contributed by atoms with Crippen molar-refractivity contribution in [2.24, 2.45) is 0 Å². The van der Waals surface area contributed by atoms with Gasteiger partial charge in [-0.05, 0) is 19.3 Å². The van der Waals surface area contributed by atoms with Crippen LogP contribution >= 0.6 is 0 Å². The lowest BCUT2D eigenvalue weighted by atomic mass is 10.0. The number of ether oxygens (including phenoxy) is 1. The van der Waals surface area contributed by atoms with Crippen LogP contribution in [0.1, 0.15) is 213 Å². The summed E-state index contributed by atoms with van der Waals surface area (Å²) in [6.45, 7) is 12.0. The Morgan fingerprint density at radius 3 is 1.05 bits per heavy atom. The molecule has 4 nitrogen and oxygen atoms in total. The SMILES string of the molecule is C=C(CCCCCCCCCCCCCCCCCC)C(=O)O.C=CC(=O)OCCCCCCCCCCCCCCCC. The topological polar surface area (TPSA) is 63.6 Å². The number of unbranched alkanes of at least 4 members (excludes halogenated alkanes) is 28. The standard InChI is InChI=1S/C21H40O2.C19H36O2/c1-3-4-5-6-7-8-9-10-11-12-13-14-15-16-17-18-19-20(2)21(22)23;1-3-5-6-7-8-9-10-11-12-13-14-15-16-17-18-21-19(20)4-2/h2-19H2,1H3,(H,22,23);4H,2-3,5-18H2,1H3.